The number of esters is 1. The van der Waals surface area contributed by atoms with E-state index in [0.717, 1.165) is 4.90 Å². The zero-order chi connectivity index (χ0) is 20.8. The number of carbonyl (C=O) groups excluding carboxylic acids is 1. The maximum atomic E-state index is 12.5. The molecular formula is C26H21O3S+. The van der Waals surface area contributed by atoms with Crippen LogP contribution in [0, 0.1) is 0 Å². The summed E-state index contributed by atoms with van der Waals surface area (Å²) in [6.45, 7) is 0. The highest BCUT2D eigenvalue weighted by molar-refractivity contribution is 7.97. The van der Waals surface area contributed by atoms with Crippen molar-refractivity contribution in [1.29, 1.82) is 0 Å². The molecule has 0 bridgehead atoms. The minimum atomic E-state index is -0.383. The summed E-state index contributed by atoms with van der Waals surface area (Å²) in [7, 11) is 1.35. The van der Waals surface area contributed by atoms with Crippen molar-refractivity contribution in [3.8, 4) is 11.5 Å². The van der Waals surface area contributed by atoms with E-state index in [0.29, 0.717) is 17.1 Å². The molecule has 4 aromatic carbocycles. The molecular weight excluding hydrogens is 392 g/mol. The SMILES string of the molecule is COc1ccc(OC(=O)c2ccc([S+](c3ccccc3)c3ccccc3)cc2)cc1. The van der Waals surface area contributed by atoms with E-state index < -0.39 is 0 Å². The fourth-order valence-corrected chi connectivity index (χ4v) is 5.14. The van der Waals surface area contributed by atoms with Gasteiger partial charge in [-0.25, -0.2) is 4.79 Å². The van der Waals surface area contributed by atoms with Gasteiger partial charge in [-0.1, -0.05) is 36.4 Å². The van der Waals surface area contributed by atoms with E-state index in [-0.39, 0.29) is 16.9 Å². The highest BCUT2D eigenvalue weighted by Crippen LogP contribution is 2.31. The summed E-state index contributed by atoms with van der Waals surface area (Å²) in [6, 6.07) is 35.4. The molecule has 0 unspecified atom stereocenters. The lowest BCUT2D eigenvalue weighted by Crippen LogP contribution is -2.09. The summed E-state index contributed by atoms with van der Waals surface area (Å²) < 4.78 is 10.6. The highest BCUT2D eigenvalue weighted by Gasteiger charge is 2.28. The number of hydrogen-bond acceptors (Lipinski definition) is 3. The smallest absolute Gasteiger partial charge is 0.343 e. The van der Waals surface area contributed by atoms with E-state index in [1.165, 1.54) is 9.79 Å². The van der Waals surface area contributed by atoms with Crippen molar-refractivity contribution < 1.29 is 14.3 Å². The Morgan fingerprint density at radius 2 is 1.07 bits per heavy atom. The first kappa shape index (κ1) is 19.8. The van der Waals surface area contributed by atoms with Crippen molar-refractivity contribution in [2.45, 2.75) is 14.7 Å². The summed E-state index contributed by atoms with van der Waals surface area (Å²) in [6.07, 6.45) is 0. The standard InChI is InChI=1S/C26H21O3S/c1-28-21-14-16-22(17-15-21)29-26(27)20-12-18-25(19-13-20)30(23-8-4-2-5-9-23)24-10-6-3-7-11-24/h2-19H,1H3/q+1. The van der Waals surface area contributed by atoms with E-state index in [9.17, 15) is 4.79 Å². The monoisotopic (exact) mass is 413 g/mol. The van der Waals surface area contributed by atoms with Gasteiger partial charge in [0.05, 0.1) is 23.6 Å². The number of hydrogen-bond donors (Lipinski definition) is 0. The summed E-state index contributed by atoms with van der Waals surface area (Å²) in [4.78, 5) is 16.2. The summed E-state index contributed by atoms with van der Waals surface area (Å²) in [5.74, 6) is 0.817. The molecule has 0 aliphatic carbocycles. The third-order valence-electron chi connectivity index (χ3n) is 4.55. The van der Waals surface area contributed by atoms with Crippen molar-refractivity contribution in [2.24, 2.45) is 0 Å². The summed E-state index contributed by atoms with van der Waals surface area (Å²) >= 11 is 0. The van der Waals surface area contributed by atoms with Gasteiger partial charge in [0.25, 0.3) is 0 Å². The molecule has 0 aliphatic heterocycles. The lowest BCUT2D eigenvalue weighted by atomic mass is 10.2. The van der Waals surface area contributed by atoms with Crippen LogP contribution >= 0.6 is 0 Å². The van der Waals surface area contributed by atoms with Crippen molar-refractivity contribution >= 4 is 16.9 Å². The van der Waals surface area contributed by atoms with Gasteiger partial charge < -0.3 is 9.47 Å². The summed E-state index contributed by atoms with van der Waals surface area (Å²) in [5.41, 5.74) is 0.513. The van der Waals surface area contributed by atoms with Gasteiger partial charge in [0.2, 0.25) is 0 Å². The molecule has 0 spiro atoms. The van der Waals surface area contributed by atoms with Crippen LogP contribution in [-0.2, 0) is 10.9 Å². The molecule has 3 nitrogen and oxygen atoms in total. The molecule has 0 saturated heterocycles. The molecule has 0 aliphatic rings. The van der Waals surface area contributed by atoms with Crippen LogP contribution in [0.1, 0.15) is 10.4 Å². The first-order chi connectivity index (χ1) is 14.7. The van der Waals surface area contributed by atoms with Gasteiger partial charge in [0, 0.05) is 0 Å². The van der Waals surface area contributed by atoms with Crippen LogP contribution in [0.3, 0.4) is 0 Å². The van der Waals surface area contributed by atoms with Crippen molar-refractivity contribution in [1.82, 2.24) is 0 Å². The van der Waals surface area contributed by atoms with Gasteiger partial charge in [-0.15, -0.1) is 0 Å². The first-order valence-corrected chi connectivity index (χ1v) is 10.8. The fourth-order valence-electron chi connectivity index (χ4n) is 3.06. The summed E-state index contributed by atoms with van der Waals surface area (Å²) in [5, 5.41) is 0. The second kappa shape index (κ2) is 9.33. The molecule has 148 valence electrons. The maximum Gasteiger partial charge on any atom is 0.343 e. The lowest BCUT2D eigenvalue weighted by molar-refractivity contribution is 0.0734. The molecule has 0 saturated carbocycles. The molecule has 4 heteroatoms. The van der Waals surface area contributed by atoms with Crippen LogP contribution in [0.25, 0.3) is 0 Å². The second-order valence-corrected chi connectivity index (χ2v) is 8.55. The van der Waals surface area contributed by atoms with Gasteiger partial charge in [0.15, 0.2) is 14.7 Å². The quantitative estimate of drug-likeness (QED) is 0.221. The van der Waals surface area contributed by atoms with Crippen LogP contribution in [0.5, 0.6) is 11.5 Å². The number of ether oxygens (including phenoxy) is 2. The minimum Gasteiger partial charge on any atom is -0.497 e. The first-order valence-electron chi connectivity index (χ1n) is 9.55. The van der Waals surface area contributed by atoms with Crippen molar-refractivity contribution in [3.63, 3.8) is 0 Å². The van der Waals surface area contributed by atoms with Crippen LogP contribution in [-0.4, -0.2) is 13.1 Å². The Kier molecular flexibility index (Phi) is 6.16. The van der Waals surface area contributed by atoms with Gasteiger partial charge in [-0.3, -0.25) is 0 Å². The Morgan fingerprint density at radius 3 is 1.57 bits per heavy atom. The number of benzene rings is 4. The molecule has 0 N–H and O–H groups in total. The predicted octanol–water partition coefficient (Wildman–Crippen LogP) is 6.01. The Hall–Kier alpha value is -3.50. The Morgan fingerprint density at radius 1 is 0.600 bits per heavy atom. The van der Waals surface area contributed by atoms with E-state index in [2.05, 4.69) is 48.5 Å². The molecule has 0 aromatic heterocycles. The van der Waals surface area contributed by atoms with Gasteiger partial charge in [-0.2, -0.15) is 0 Å². The Labute approximate surface area is 179 Å². The average Bonchev–Trinajstić information content (AvgIpc) is 2.81. The molecule has 0 radical (unpaired) electrons. The molecule has 0 amide bonds. The number of rotatable bonds is 6. The topological polar surface area (TPSA) is 35.5 Å². The van der Waals surface area contributed by atoms with Crippen LogP contribution < -0.4 is 9.47 Å². The molecule has 0 heterocycles. The molecule has 0 fully saturated rings. The van der Waals surface area contributed by atoms with Gasteiger partial charge in [-0.05, 0) is 72.8 Å². The van der Waals surface area contributed by atoms with Crippen LogP contribution in [0.4, 0.5) is 0 Å². The third-order valence-corrected chi connectivity index (χ3v) is 6.78. The van der Waals surface area contributed by atoms with Gasteiger partial charge >= 0.3 is 5.97 Å². The van der Waals surface area contributed by atoms with Crippen molar-refractivity contribution in [3.05, 3.63) is 115 Å². The fraction of sp³-hybridized carbons (Fsp3) is 0.0385. The Balaban J connectivity index is 1.58. The molecule has 4 rings (SSSR count). The van der Waals surface area contributed by atoms with E-state index in [4.69, 9.17) is 9.47 Å². The second-order valence-electron chi connectivity index (χ2n) is 6.52. The maximum absolute atomic E-state index is 12.5. The van der Waals surface area contributed by atoms with E-state index in [1.54, 1.807) is 31.4 Å². The molecule has 30 heavy (non-hydrogen) atoms. The largest absolute Gasteiger partial charge is 0.497 e. The van der Waals surface area contributed by atoms with Gasteiger partial charge in [0.1, 0.15) is 11.5 Å². The zero-order valence-corrected chi connectivity index (χ0v) is 17.3. The van der Waals surface area contributed by atoms with Crippen LogP contribution in [0.15, 0.2) is 124 Å². The van der Waals surface area contributed by atoms with E-state index in [1.807, 2.05) is 36.4 Å². The Bertz CT molecular complexity index is 1050. The molecule has 0 atom stereocenters. The number of carbonyl (C=O) groups is 1. The lowest BCUT2D eigenvalue weighted by Gasteiger charge is -2.09. The average molecular weight is 414 g/mol. The number of methoxy groups -OCH3 is 1. The molecule has 4 aromatic rings. The predicted molar refractivity (Wildman–Crippen MR) is 119 cm³/mol. The van der Waals surface area contributed by atoms with Crippen LogP contribution in [0.2, 0.25) is 0 Å². The normalized spacial score (nSPS) is 10.6. The minimum absolute atomic E-state index is 0.244. The van der Waals surface area contributed by atoms with E-state index >= 15 is 0 Å². The van der Waals surface area contributed by atoms with Crippen molar-refractivity contribution in [2.75, 3.05) is 7.11 Å². The zero-order valence-electron chi connectivity index (χ0n) is 16.5. The third kappa shape index (κ3) is 4.56. The highest BCUT2D eigenvalue weighted by atomic mass is 32.2.